The minimum atomic E-state index is 0.0979. The van der Waals surface area contributed by atoms with E-state index in [2.05, 4.69) is 29.6 Å². The number of rotatable bonds is 10. The highest BCUT2D eigenvalue weighted by Gasteiger charge is 2.09. The van der Waals surface area contributed by atoms with Crippen molar-refractivity contribution in [2.45, 2.75) is 19.8 Å². The first-order valence-corrected chi connectivity index (χ1v) is 9.15. The van der Waals surface area contributed by atoms with Crippen molar-refractivity contribution in [2.24, 2.45) is 10.8 Å². The predicted octanol–water partition coefficient (Wildman–Crippen LogP) is 3.27. The lowest BCUT2D eigenvalue weighted by Crippen LogP contribution is -2.24. The third-order valence-electron chi connectivity index (χ3n) is 3.74. The standard InChI is InChI=1S/C20H25N3O3S/c1-3-15-8-10-17(11-9-15)25-12-5-13-26-19-16(14-22-23-20(21)27)6-4-7-18(19)24-2/h4,6-11,14H,3,5,12-13H2,1-2H3,(H3,21,23,27)/b22-14+. The van der Waals surface area contributed by atoms with Crippen molar-refractivity contribution in [3.05, 3.63) is 53.6 Å². The number of benzene rings is 2. The van der Waals surface area contributed by atoms with Gasteiger partial charge < -0.3 is 19.9 Å². The molecule has 0 saturated heterocycles. The molecular formula is C20H25N3O3S. The Hall–Kier alpha value is -2.80. The fourth-order valence-electron chi connectivity index (χ4n) is 2.36. The van der Waals surface area contributed by atoms with Crippen molar-refractivity contribution < 1.29 is 14.2 Å². The number of ether oxygens (including phenoxy) is 3. The minimum Gasteiger partial charge on any atom is -0.493 e. The number of nitrogens with two attached hydrogens (primary N) is 1. The quantitative estimate of drug-likeness (QED) is 0.282. The number of thiocarbonyl (C=S) groups is 1. The smallest absolute Gasteiger partial charge is 0.184 e. The van der Waals surface area contributed by atoms with Crippen LogP contribution in [0.4, 0.5) is 0 Å². The van der Waals surface area contributed by atoms with E-state index in [0.29, 0.717) is 24.7 Å². The molecule has 0 saturated carbocycles. The molecule has 0 bridgehead atoms. The van der Waals surface area contributed by atoms with E-state index in [1.165, 1.54) is 5.56 Å². The Labute approximate surface area is 165 Å². The maximum absolute atomic E-state index is 5.90. The van der Waals surface area contributed by atoms with E-state index < -0.39 is 0 Å². The molecule has 2 aromatic rings. The Morgan fingerprint density at radius 3 is 2.56 bits per heavy atom. The summed E-state index contributed by atoms with van der Waals surface area (Å²) in [5.41, 5.74) is 9.94. The Morgan fingerprint density at radius 2 is 1.89 bits per heavy atom. The van der Waals surface area contributed by atoms with Gasteiger partial charge >= 0.3 is 0 Å². The molecule has 0 aliphatic heterocycles. The monoisotopic (exact) mass is 387 g/mol. The largest absolute Gasteiger partial charge is 0.493 e. The molecule has 0 spiro atoms. The van der Waals surface area contributed by atoms with E-state index in [9.17, 15) is 0 Å². The maximum atomic E-state index is 5.90. The van der Waals surface area contributed by atoms with Crippen molar-refractivity contribution in [2.75, 3.05) is 20.3 Å². The summed E-state index contributed by atoms with van der Waals surface area (Å²) < 4.78 is 17.0. The van der Waals surface area contributed by atoms with Gasteiger partial charge in [-0.2, -0.15) is 5.10 Å². The van der Waals surface area contributed by atoms with Crippen LogP contribution in [-0.4, -0.2) is 31.7 Å². The van der Waals surface area contributed by atoms with Gasteiger partial charge in [0, 0.05) is 12.0 Å². The van der Waals surface area contributed by atoms with Gasteiger partial charge in [0.2, 0.25) is 0 Å². The molecule has 7 heteroatoms. The lowest BCUT2D eigenvalue weighted by atomic mass is 10.2. The van der Waals surface area contributed by atoms with Gasteiger partial charge in [-0.3, -0.25) is 5.43 Å². The van der Waals surface area contributed by atoms with Crippen LogP contribution in [-0.2, 0) is 6.42 Å². The zero-order chi connectivity index (χ0) is 19.5. The van der Waals surface area contributed by atoms with E-state index in [-0.39, 0.29) is 5.11 Å². The van der Waals surface area contributed by atoms with Crippen LogP contribution in [0.25, 0.3) is 0 Å². The van der Waals surface area contributed by atoms with Crippen LogP contribution >= 0.6 is 12.2 Å². The van der Waals surface area contributed by atoms with Crippen LogP contribution < -0.4 is 25.4 Å². The molecule has 2 rings (SSSR count). The molecule has 0 heterocycles. The molecule has 0 fully saturated rings. The van der Waals surface area contributed by atoms with Gasteiger partial charge in [0.25, 0.3) is 0 Å². The number of hydrogen-bond acceptors (Lipinski definition) is 5. The van der Waals surface area contributed by atoms with Crippen molar-refractivity contribution in [3.63, 3.8) is 0 Å². The average Bonchev–Trinajstić information content (AvgIpc) is 2.68. The molecule has 0 aliphatic rings. The van der Waals surface area contributed by atoms with E-state index >= 15 is 0 Å². The zero-order valence-corrected chi connectivity index (χ0v) is 16.4. The molecule has 0 radical (unpaired) electrons. The molecule has 0 amide bonds. The van der Waals surface area contributed by atoms with E-state index in [1.807, 2.05) is 30.3 Å². The van der Waals surface area contributed by atoms with Gasteiger partial charge in [-0.1, -0.05) is 25.1 Å². The molecular weight excluding hydrogens is 362 g/mol. The van der Waals surface area contributed by atoms with Crippen LogP contribution in [0.3, 0.4) is 0 Å². The highest BCUT2D eigenvalue weighted by molar-refractivity contribution is 7.80. The van der Waals surface area contributed by atoms with Crippen molar-refractivity contribution in [1.29, 1.82) is 0 Å². The number of hydrazone groups is 1. The first-order valence-electron chi connectivity index (χ1n) is 8.74. The molecule has 0 aromatic heterocycles. The van der Waals surface area contributed by atoms with E-state index in [4.69, 9.17) is 32.2 Å². The minimum absolute atomic E-state index is 0.0979. The SMILES string of the molecule is CCc1ccc(OCCCOc2c(/C=N/NC(N)=S)cccc2OC)cc1. The van der Waals surface area contributed by atoms with Crippen LogP contribution in [0, 0.1) is 0 Å². The van der Waals surface area contributed by atoms with Crippen LogP contribution in [0.15, 0.2) is 47.6 Å². The van der Waals surface area contributed by atoms with Crippen LogP contribution in [0.2, 0.25) is 0 Å². The first-order chi connectivity index (χ1) is 13.1. The molecule has 3 N–H and O–H groups in total. The van der Waals surface area contributed by atoms with E-state index in [1.54, 1.807) is 13.3 Å². The highest BCUT2D eigenvalue weighted by atomic mass is 32.1. The summed E-state index contributed by atoms with van der Waals surface area (Å²) >= 11 is 4.73. The van der Waals surface area contributed by atoms with Gasteiger partial charge in [-0.05, 0) is 48.5 Å². The summed E-state index contributed by atoms with van der Waals surface area (Å²) in [5, 5.41) is 4.07. The summed E-state index contributed by atoms with van der Waals surface area (Å²) in [5.74, 6) is 2.10. The van der Waals surface area contributed by atoms with E-state index in [0.717, 1.165) is 24.2 Å². The third-order valence-corrected chi connectivity index (χ3v) is 3.83. The Balaban J connectivity index is 1.88. The number of hydrogen-bond donors (Lipinski definition) is 2. The fourth-order valence-corrected chi connectivity index (χ4v) is 2.41. The molecule has 0 aliphatic carbocycles. The average molecular weight is 388 g/mol. The normalized spacial score (nSPS) is 10.6. The van der Waals surface area contributed by atoms with Crippen LogP contribution in [0.5, 0.6) is 17.2 Å². The highest BCUT2D eigenvalue weighted by Crippen LogP contribution is 2.30. The molecule has 6 nitrogen and oxygen atoms in total. The Morgan fingerprint density at radius 1 is 1.15 bits per heavy atom. The second-order valence-electron chi connectivity index (χ2n) is 5.66. The molecule has 2 aromatic carbocycles. The summed E-state index contributed by atoms with van der Waals surface area (Å²) in [6.45, 7) is 3.17. The summed E-state index contributed by atoms with van der Waals surface area (Å²) in [6, 6.07) is 13.7. The second-order valence-corrected chi connectivity index (χ2v) is 6.10. The van der Waals surface area contributed by atoms with Gasteiger partial charge in [0.1, 0.15) is 5.75 Å². The number of aryl methyl sites for hydroxylation is 1. The molecule has 0 atom stereocenters. The molecule has 0 unspecified atom stereocenters. The predicted molar refractivity (Wildman–Crippen MR) is 112 cm³/mol. The summed E-state index contributed by atoms with van der Waals surface area (Å²) in [6.07, 6.45) is 3.34. The second kappa shape index (κ2) is 11.0. The van der Waals surface area contributed by atoms with Crippen molar-refractivity contribution in [3.8, 4) is 17.2 Å². The lowest BCUT2D eigenvalue weighted by Gasteiger charge is -2.13. The van der Waals surface area contributed by atoms with Gasteiger partial charge in [0.15, 0.2) is 16.6 Å². The first kappa shape index (κ1) is 20.5. The van der Waals surface area contributed by atoms with Crippen molar-refractivity contribution in [1.82, 2.24) is 5.43 Å². The topological polar surface area (TPSA) is 78.1 Å². The number of nitrogens with zero attached hydrogens (tertiary/aromatic N) is 1. The van der Waals surface area contributed by atoms with Gasteiger partial charge in [-0.25, -0.2) is 0 Å². The zero-order valence-electron chi connectivity index (χ0n) is 15.6. The van der Waals surface area contributed by atoms with Crippen molar-refractivity contribution >= 4 is 23.5 Å². The summed E-state index contributed by atoms with van der Waals surface area (Å²) in [4.78, 5) is 0. The molecule has 144 valence electrons. The summed E-state index contributed by atoms with van der Waals surface area (Å²) in [7, 11) is 1.60. The van der Waals surface area contributed by atoms with Gasteiger partial charge in [0.05, 0.1) is 26.5 Å². The Kier molecular flexibility index (Phi) is 8.38. The third kappa shape index (κ3) is 6.79. The molecule has 27 heavy (non-hydrogen) atoms. The van der Waals surface area contributed by atoms with Gasteiger partial charge in [-0.15, -0.1) is 0 Å². The number of methoxy groups -OCH3 is 1. The lowest BCUT2D eigenvalue weighted by molar-refractivity contribution is 0.240. The Bertz CT molecular complexity index is 764. The number of para-hydroxylation sites is 1. The fraction of sp³-hybridized carbons (Fsp3) is 0.300. The van der Waals surface area contributed by atoms with Crippen LogP contribution in [0.1, 0.15) is 24.5 Å². The number of nitrogens with one attached hydrogen (secondary N) is 1. The maximum Gasteiger partial charge on any atom is 0.184 e.